The number of nitrogens with zero attached hydrogens (tertiary/aromatic N) is 1. The van der Waals surface area contributed by atoms with Gasteiger partial charge in [-0.1, -0.05) is 0 Å². The quantitative estimate of drug-likeness (QED) is 0.260. The zero-order chi connectivity index (χ0) is 9.54. The van der Waals surface area contributed by atoms with Crippen molar-refractivity contribution in [2.75, 3.05) is 26.2 Å². The van der Waals surface area contributed by atoms with Crippen LogP contribution in [0.2, 0.25) is 0 Å². The molecule has 0 aromatic carbocycles. The summed E-state index contributed by atoms with van der Waals surface area (Å²) in [6, 6.07) is 0. The number of nitrogens with two attached hydrogens (primary N) is 4. The molecule has 0 rings (SSSR count). The topological polar surface area (TPSA) is 157 Å². The van der Waals surface area contributed by atoms with Gasteiger partial charge in [-0.2, -0.15) is 0 Å². The monoisotopic (exact) mass is 272 g/mol. The Bertz CT molecular complexity index is 50.7. The van der Waals surface area contributed by atoms with Crippen molar-refractivity contribution in [3.8, 4) is 0 Å². The van der Waals surface area contributed by atoms with E-state index in [1.807, 2.05) is 0 Å². The molecule has 0 radical (unpaired) electrons. The van der Waals surface area contributed by atoms with E-state index in [9.17, 15) is 0 Å². The van der Waals surface area contributed by atoms with E-state index in [1.165, 1.54) is 0 Å². The van der Waals surface area contributed by atoms with Gasteiger partial charge in [0.25, 0.3) is 0 Å². The molecule has 0 heterocycles. The summed E-state index contributed by atoms with van der Waals surface area (Å²) < 4.78 is 0. The first kappa shape index (κ1) is 22.7. The summed E-state index contributed by atoms with van der Waals surface area (Å²) in [5.41, 5.74) is 19.6. The maximum absolute atomic E-state index is 8.00. The predicted molar refractivity (Wildman–Crippen MR) is 45.4 cm³/mol. The smallest absolute Gasteiger partial charge is 0.00461 e. The van der Waals surface area contributed by atoms with Crippen molar-refractivity contribution in [2.24, 2.45) is 28.3 Å². The molecule has 0 spiro atoms. The van der Waals surface area contributed by atoms with E-state index in [0.29, 0.717) is 26.2 Å². The molecule has 0 aliphatic heterocycles. The van der Waals surface area contributed by atoms with Gasteiger partial charge in [-0.05, 0) is 0 Å². The molecule has 0 amide bonds. The minimum atomic E-state index is 0. The Labute approximate surface area is 85.4 Å². The summed E-state index contributed by atoms with van der Waals surface area (Å²) in [6.07, 6.45) is 0. The summed E-state index contributed by atoms with van der Waals surface area (Å²) in [7, 11) is 0. The minimum Gasteiger partial charge on any atom is -0.444 e. The number of rotatable bonds is 2. The second kappa shape index (κ2) is 44.5. The molecule has 12 heavy (non-hydrogen) atoms. The molecule has 0 aliphatic rings. The molecule has 0 aromatic rings. The fraction of sp³-hybridized carbons (Fsp3) is 1.00. The van der Waals surface area contributed by atoms with Gasteiger partial charge in [-0.15, -0.1) is 5.34 Å². The molecule has 0 unspecified atom stereocenters. The van der Waals surface area contributed by atoms with Gasteiger partial charge in [-0.3, -0.25) is 0 Å². The summed E-state index contributed by atoms with van der Waals surface area (Å²) in [4.78, 5) is 8.00. The zero-order valence-corrected chi connectivity index (χ0v) is 8.27. The molecule has 0 saturated heterocycles. The van der Waals surface area contributed by atoms with Crippen LogP contribution in [0, 0.1) is 10.1 Å². The van der Waals surface area contributed by atoms with Gasteiger partial charge in [0, 0.05) is 46.6 Å². The summed E-state index contributed by atoms with van der Waals surface area (Å²) >= 11 is 0. The fourth-order valence-corrected chi connectivity index (χ4v) is 0. The average molecular weight is 273 g/mol. The van der Waals surface area contributed by atoms with E-state index in [-0.39, 0.29) is 20.4 Å². The molecule has 0 bridgehead atoms. The minimum absolute atomic E-state index is 0. The Kier molecular flexibility index (Phi) is 84.0. The third kappa shape index (κ3) is 217. The SMILES string of the molecule is NCCN.NCCN.O=N[O-].[Pd]. The van der Waals surface area contributed by atoms with E-state index in [0.717, 1.165) is 5.34 Å². The molecule has 80 valence electrons. The van der Waals surface area contributed by atoms with Gasteiger partial charge in [0.05, 0.1) is 0 Å². The van der Waals surface area contributed by atoms with Crippen molar-refractivity contribution in [1.29, 1.82) is 0 Å². The Morgan fingerprint density at radius 2 is 1.00 bits per heavy atom. The molecule has 0 saturated carbocycles. The van der Waals surface area contributed by atoms with Gasteiger partial charge in [0.15, 0.2) is 0 Å². The van der Waals surface area contributed by atoms with E-state index in [2.05, 4.69) is 0 Å². The summed E-state index contributed by atoms with van der Waals surface area (Å²) in [5.74, 6) is 0. The summed E-state index contributed by atoms with van der Waals surface area (Å²) in [6.45, 7) is 2.39. The normalized spacial score (nSPS) is 6.00. The molecule has 7 nitrogen and oxygen atoms in total. The third-order valence-electron chi connectivity index (χ3n) is 0.333. The molecule has 0 fully saturated rings. The van der Waals surface area contributed by atoms with Crippen LogP contribution in [0.1, 0.15) is 0 Å². The average Bonchev–Trinajstić information content (AvgIpc) is 2.06. The second-order valence-corrected chi connectivity index (χ2v) is 1.23. The van der Waals surface area contributed by atoms with Gasteiger partial charge < -0.3 is 33.0 Å². The zero-order valence-electron chi connectivity index (χ0n) is 6.72. The van der Waals surface area contributed by atoms with Gasteiger partial charge in [0.1, 0.15) is 0 Å². The van der Waals surface area contributed by atoms with Crippen molar-refractivity contribution in [3.63, 3.8) is 0 Å². The first-order valence-corrected chi connectivity index (χ1v) is 3.00. The van der Waals surface area contributed by atoms with Crippen LogP contribution in [-0.2, 0) is 20.4 Å². The second-order valence-electron chi connectivity index (χ2n) is 1.23. The number of hydrogen-bond acceptors (Lipinski definition) is 7. The Morgan fingerprint density at radius 3 is 1.00 bits per heavy atom. The largest absolute Gasteiger partial charge is 0.444 e. The Balaban J connectivity index is -0.0000000389. The first-order chi connectivity index (χ1) is 5.24. The van der Waals surface area contributed by atoms with Gasteiger partial charge >= 0.3 is 0 Å². The van der Waals surface area contributed by atoms with Crippen molar-refractivity contribution in [3.05, 3.63) is 10.1 Å². The van der Waals surface area contributed by atoms with E-state index in [4.69, 9.17) is 33.0 Å². The molecule has 0 aromatic heterocycles. The van der Waals surface area contributed by atoms with Gasteiger partial charge in [0.2, 0.25) is 0 Å². The standard InChI is InChI=1S/2C2H8N2.HNO2.Pd/c2*3-1-2-4;2-1-3;/h2*1-4H2;(H,2,3);/p-1. The van der Waals surface area contributed by atoms with Crippen LogP contribution in [0.15, 0.2) is 5.34 Å². The molecule has 0 aliphatic carbocycles. The van der Waals surface area contributed by atoms with Crippen LogP contribution in [0.5, 0.6) is 0 Å². The van der Waals surface area contributed by atoms with Crippen molar-refractivity contribution < 1.29 is 20.4 Å². The molecular formula is C4H16N5O2Pd-. The van der Waals surface area contributed by atoms with E-state index in [1.54, 1.807) is 0 Å². The maximum Gasteiger partial charge on any atom is 0.00461 e. The van der Waals surface area contributed by atoms with Crippen molar-refractivity contribution >= 4 is 0 Å². The summed E-state index contributed by atoms with van der Waals surface area (Å²) in [5, 5.41) is 9.00. The fourth-order valence-electron chi connectivity index (χ4n) is 0. The first-order valence-electron chi connectivity index (χ1n) is 3.00. The molecular weight excluding hydrogens is 256 g/mol. The molecule has 0 atom stereocenters. The van der Waals surface area contributed by atoms with Crippen molar-refractivity contribution in [1.82, 2.24) is 0 Å². The molecule has 8 heteroatoms. The van der Waals surface area contributed by atoms with Crippen LogP contribution in [0.25, 0.3) is 0 Å². The number of hydrogen-bond donors (Lipinski definition) is 4. The maximum atomic E-state index is 8.00. The van der Waals surface area contributed by atoms with Crippen molar-refractivity contribution in [2.45, 2.75) is 0 Å². The molecule has 8 N–H and O–H groups in total. The van der Waals surface area contributed by atoms with Crippen LogP contribution in [-0.4, -0.2) is 26.2 Å². The van der Waals surface area contributed by atoms with E-state index < -0.39 is 0 Å². The third-order valence-corrected chi connectivity index (χ3v) is 0.333. The van der Waals surface area contributed by atoms with Gasteiger partial charge in [-0.25, -0.2) is 0 Å². The Hall–Kier alpha value is -0.0977. The predicted octanol–water partition coefficient (Wildman–Crippen LogP) is -1.94. The van der Waals surface area contributed by atoms with Crippen LogP contribution >= 0.6 is 0 Å². The Morgan fingerprint density at radius 1 is 0.917 bits per heavy atom. The van der Waals surface area contributed by atoms with E-state index >= 15 is 0 Å². The van der Waals surface area contributed by atoms with Crippen LogP contribution in [0.3, 0.4) is 0 Å². The van der Waals surface area contributed by atoms with Crippen LogP contribution in [0.4, 0.5) is 0 Å². The van der Waals surface area contributed by atoms with Crippen LogP contribution < -0.4 is 22.9 Å².